The largest absolute Gasteiger partial charge is 0.493 e. The van der Waals surface area contributed by atoms with Gasteiger partial charge in [0.15, 0.2) is 11.5 Å². The van der Waals surface area contributed by atoms with Crippen LogP contribution in [0, 0.1) is 0 Å². The van der Waals surface area contributed by atoms with Crippen molar-refractivity contribution < 1.29 is 14.2 Å². The number of anilines is 1. The highest BCUT2D eigenvalue weighted by Crippen LogP contribution is 2.38. The minimum Gasteiger partial charge on any atom is -0.493 e. The van der Waals surface area contributed by atoms with E-state index >= 15 is 0 Å². The average molecular weight is 247 g/mol. The molecule has 1 heterocycles. The molecule has 1 aromatic carbocycles. The Balaban J connectivity index is 2.38. The predicted molar refractivity (Wildman–Crippen MR) is 66.1 cm³/mol. The number of nitrogens with two attached hydrogens (primary N) is 1. The molecule has 1 aromatic heterocycles. The zero-order valence-electron chi connectivity index (χ0n) is 10.1. The normalized spacial score (nSPS) is 9.89. The topological polar surface area (TPSA) is 79.5 Å². The highest BCUT2D eigenvalue weighted by Gasteiger charge is 2.13. The first-order valence-electron chi connectivity index (χ1n) is 5.22. The molecule has 2 rings (SSSR count). The van der Waals surface area contributed by atoms with Crippen molar-refractivity contribution >= 4 is 5.82 Å². The zero-order chi connectivity index (χ0) is 13.0. The summed E-state index contributed by atoms with van der Waals surface area (Å²) in [7, 11) is 3.09. The minimum atomic E-state index is 0.137. The SMILES string of the molecule is COc1cccc(OC)c1Oc1nccc(N)n1. The van der Waals surface area contributed by atoms with Gasteiger partial charge in [0.2, 0.25) is 5.75 Å². The first-order chi connectivity index (χ1) is 8.74. The van der Waals surface area contributed by atoms with E-state index in [4.69, 9.17) is 19.9 Å². The van der Waals surface area contributed by atoms with E-state index in [-0.39, 0.29) is 6.01 Å². The van der Waals surface area contributed by atoms with E-state index in [1.807, 2.05) is 0 Å². The third-order valence-electron chi connectivity index (χ3n) is 2.23. The molecule has 0 radical (unpaired) electrons. The van der Waals surface area contributed by atoms with Gasteiger partial charge in [-0.05, 0) is 18.2 Å². The van der Waals surface area contributed by atoms with Gasteiger partial charge < -0.3 is 19.9 Å². The molecule has 6 heteroatoms. The van der Waals surface area contributed by atoms with E-state index in [0.717, 1.165) is 0 Å². The molecule has 18 heavy (non-hydrogen) atoms. The van der Waals surface area contributed by atoms with Gasteiger partial charge in [0.1, 0.15) is 5.82 Å². The fourth-order valence-corrected chi connectivity index (χ4v) is 1.41. The van der Waals surface area contributed by atoms with Gasteiger partial charge in [-0.25, -0.2) is 4.98 Å². The molecule has 2 N–H and O–H groups in total. The van der Waals surface area contributed by atoms with Crippen LogP contribution in [0.2, 0.25) is 0 Å². The molecule has 0 saturated carbocycles. The number of hydrogen-bond donors (Lipinski definition) is 1. The highest BCUT2D eigenvalue weighted by molar-refractivity contribution is 5.52. The summed E-state index contributed by atoms with van der Waals surface area (Å²) < 4.78 is 15.9. The summed E-state index contributed by atoms with van der Waals surface area (Å²) in [6.07, 6.45) is 1.51. The molecule has 0 aliphatic carbocycles. The Kier molecular flexibility index (Phi) is 3.47. The number of nitrogens with zero attached hydrogens (tertiary/aromatic N) is 2. The molecule has 6 nitrogen and oxygen atoms in total. The summed E-state index contributed by atoms with van der Waals surface area (Å²) >= 11 is 0. The van der Waals surface area contributed by atoms with Gasteiger partial charge >= 0.3 is 6.01 Å². The average Bonchev–Trinajstić information content (AvgIpc) is 2.39. The lowest BCUT2D eigenvalue weighted by Gasteiger charge is -2.12. The van der Waals surface area contributed by atoms with Crippen LogP contribution in [0.15, 0.2) is 30.5 Å². The molecule has 0 aliphatic rings. The van der Waals surface area contributed by atoms with Gasteiger partial charge in [0.25, 0.3) is 0 Å². The number of para-hydroxylation sites is 1. The van der Waals surface area contributed by atoms with Crippen LogP contribution >= 0.6 is 0 Å². The Labute approximate surface area is 104 Å². The molecule has 0 atom stereocenters. The van der Waals surface area contributed by atoms with Gasteiger partial charge in [-0.1, -0.05) is 6.07 Å². The number of benzene rings is 1. The first-order valence-corrected chi connectivity index (χ1v) is 5.22. The lowest BCUT2D eigenvalue weighted by Crippen LogP contribution is -1.99. The van der Waals surface area contributed by atoms with Crippen LogP contribution in [0.4, 0.5) is 5.82 Å². The molecule has 0 spiro atoms. The predicted octanol–water partition coefficient (Wildman–Crippen LogP) is 1.87. The Morgan fingerprint density at radius 3 is 2.28 bits per heavy atom. The Morgan fingerprint density at radius 2 is 1.72 bits per heavy atom. The second-order valence-corrected chi connectivity index (χ2v) is 3.36. The van der Waals surface area contributed by atoms with Crippen molar-refractivity contribution in [3.8, 4) is 23.3 Å². The molecule has 0 unspecified atom stereocenters. The maximum Gasteiger partial charge on any atom is 0.324 e. The summed E-state index contributed by atoms with van der Waals surface area (Å²) in [4.78, 5) is 7.91. The van der Waals surface area contributed by atoms with Crippen molar-refractivity contribution in [3.63, 3.8) is 0 Å². The number of ether oxygens (including phenoxy) is 3. The van der Waals surface area contributed by atoms with E-state index < -0.39 is 0 Å². The number of rotatable bonds is 4. The van der Waals surface area contributed by atoms with E-state index in [0.29, 0.717) is 23.1 Å². The van der Waals surface area contributed by atoms with E-state index in [1.54, 1.807) is 38.5 Å². The summed E-state index contributed by atoms with van der Waals surface area (Å²) in [6.45, 7) is 0. The van der Waals surface area contributed by atoms with E-state index in [2.05, 4.69) is 9.97 Å². The fourth-order valence-electron chi connectivity index (χ4n) is 1.41. The Hall–Kier alpha value is -2.50. The highest BCUT2D eigenvalue weighted by atomic mass is 16.5. The van der Waals surface area contributed by atoms with Crippen molar-refractivity contribution in [1.29, 1.82) is 0 Å². The van der Waals surface area contributed by atoms with Crippen LogP contribution in [0.1, 0.15) is 0 Å². The standard InChI is InChI=1S/C12H13N3O3/c1-16-8-4-3-5-9(17-2)11(8)18-12-14-7-6-10(13)15-12/h3-7H,1-2H3,(H2,13,14,15). The number of hydrogen-bond acceptors (Lipinski definition) is 6. The van der Waals surface area contributed by atoms with Gasteiger partial charge in [0.05, 0.1) is 14.2 Å². The van der Waals surface area contributed by atoms with Crippen LogP contribution in [-0.4, -0.2) is 24.2 Å². The maximum atomic E-state index is 5.56. The second-order valence-electron chi connectivity index (χ2n) is 3.36. The van der Waals surface area contributed by atoms with Crippen molar-refractivity contribution in [3.05, 3.63) is 30.5 Å². The van der Waals surface area contributed by atoms with Gasteiger partial charge in [0, 0.05) is 6.20 Å². The smallest absolute Gasteiger partial charge is 0.324 e. The van der Waals surface area contributed by atoms with Crippen LogP contribution in [0.25, 0.3) is 0 Å². The second kappa shape index (κ2) is 5.22. The number of nitrogen functional groups attached to an aromatic ring is 1. The molecule has 0 bridgehead atoms. The number of aromatic nitrogens is 2. The van der Waals surface area contributed by atoms with Crippen molar-refractivity contribution in [2.45, 2.75) is 0 Å². The molecule has 0 saturated heterocycles. The van der Waals surface area contributed by atoms with Crippen LogP contribution in [-0.2, 0) is 0 Å². The first kappa shape index (κ1) is 12.0. The lowest BCUT2D eigenvalue weighted by molar-refractivity contribution is 0.337. The lowest BCUT2D eigenvalue weighted by atomic mass is 10.3. The molecular weight excluding hydrogens is 234 g/mol. The third kappa shape index (κ3) is 2.42. The molecule has 94 valence electrons. The van der Waals surface area contributed by atoms with Crippen molar-refractivity contribution in [1.82, 2.24) is 9.97 Å². The summed E-state index contributed by atoms with van der Waals surface area (Å²) in [5.74, 6) is 1.79. The fraction of sp³-hybridized carbons (Fsp3) is 0.167. The molecule has 0 fully saturated rings. The van der Waals surface area contributed by atoms with E-state index in [1.165, 1.54) is 6.20 Å². The Morgan fingerprint density at radius 1 is 1.06 bits per heavy atom. The van der Waals surface area contributed by atoms with Gasteiger partial charge in [-0.3, -0.25) is 0 Å². The van der Waals surface area contributed by atoms with Crippen LogP contribution < -0.4 is 19.9 Å². The summed E-state index contributed by atoms with van der Waals surface area (Å²) in [5, 5.41) is 0. The van der Waals surface area contributed by atoms with Crippen molar-refractivity contribution in [2.24, 2.45) is 0 Å². The summed E-state index contributed by atoms with van der Waals surface area (Å²) in [5.41, 5.74) is 5.56. The molecule has 0 aliphatic heterocycles. The summed E-state index contributed by atoms with van der Waals surface area (Å²) in [6, 6.07) is 7.02. The Bertz CT molecular complexity index is 524. The minimum absolute atomic E-state index is 0.137. The molecule has 0 amide bonds. The van der Waals surface area contributed by atoms with Crippen LogP contribution in [0.3, 0.4) is 0 Å². The molecular formula is C12H13N3O3. The monoisotopic (exact) mass is 247 g/mol. The zero-order valence-corrected chi connectivity index (χ0v) is 10.1. The van der Waals surface area contributed by atoms with E-state index in [9.17, 15) is 0 Å². The van der Waals surface area contributed by atoms with Crippen molar-refractivity contribution in [2.75, 3.05) is 20.0 Å². The van der Waals surface area contributed by atoms with Crippen LogP contribution in [0.5, 0.6) is 23.3 Å². The maximum absolute atomic E-state index is 5.56. The third-order valence-corrected chi connectivity index (χ3v) is 2.23. The van der Waals surface area contributed by atoms with Gasteiger partial charge in [-0.2, -0.15) is 4.98 Å². The molecule has 2 aromatic rings. The number of methoxy groups -OCH3 is 2. The quantitative estimate of drug-likeness (QED) is 0.888. The van der Waals surface area contributed by atoms with Gasteiger partial charge in [-0.15, -0.1) is 0 Å².